The van der Waals surface area contributed by atoms with E-state index >= 15 is 0 Å². The standard InChI is InChI=1S/C45H46N2O7/c1-3-4-5-6-12-29-52-38-27-21-35(22-28-38)45(51)54-40-25-17-33(18-26-40)30-41(32(2)48)47-44(50)34-19-23-37(24-20-34)46-43(49)31-36-13-10-11-16-42(36)53-39-14-8-7-9-15-39/h7-11,13-28,41H,3-6,12,29-31H2,1-2H3,(H,46,49)(H,47,50)/t41-/m0/s1. The molecule has 5 rings (SSSR count). The summed E-state index contributed by atoms with van der Waals surface area (Å²) in [5, 5.41) is 5.68. The van der Waals surface area contributed by atoms with Crippen LogP contribution in [0.15, 0.2) is 127 Å². The van der Waals surface area contributed by atoms with E-state index in [0.717, 1.165) is 24.0 Å². The van der Waals surface area contributed by atoms with Crippen LogP contribution in [0.25, 0.3) is 0 Å². The largest absolute Gasteiger partial charge is 0.494 e. The van der Waals surface area contributed by atoms with Crippen LogP contribution in [0.5, 0.6) is 23.0 Å². The van der Waals surface area contributed by atoms with Crippen molar-refractivity contribution in [1.82, 2.24) is 5.32 Å². The topological polar surface area (TPSA) is 120 Å². The molecule has 0 bridgehead atoms. The van der Waals surface area contributed by atoms with Crippen molar-refractivity contribution in [2.24, 2.45) is 0 Å². The number of para-hydroxylation sites is 2. The molecule has 0 saturated carbocycles. The van der Waals surface area contributed by atoms with Crippen molar-refractivity contribution in [2.45, 2.75) is 64.8 Å². The zero-order valence-corrected chi connectivity index (χ0v) is 30.7. The summed E-state index contributed by atoms with van der Waals surface area (Å²) in [4.78, 5) is 51.3. The Bertz CT molecular complexity index is 1980. The third-order valence-electron chi connectivity index (χ3n) is 8.70. The number of hydrogen-bond acceptors (Lipinski definition) is 7. The van der Waals surface area contributed by atoms with Gasteiger partial charge in [-0.25, -0.2) is 4.79 Å². The normalized spacial score (nSPS) is 11.2. The van der Waals surface area contributed by atoms with E-state index in [0.29, 0.717) is 46.4 Å². The van der Waals surface area contributed by atoms with Gasteiger partial charge in [0.25, 0.3) is 5.91 Å². The summed E-state index contributed by atoms with van der Waals surface area (Å²) in [5.41, 5.74) is 2.78. The first-order valence-corrected chi connectivity index (χ1v) is 18.3. The molecule has 0 fully saturated rings. The molecular weight excluding hydrogens is 681 g/mol. The molecule has 0 spiro atoms. The number of ketones is 1. The van der Waals surface area contributed by atoms with E-state index in [1.807, 2.05) is 54.6 Å². The minimum Gasteiger partial charge on any atom is -0.494 e. The van der Waals surface area contributed by atoms with Crippen molar-refractivity contribution < 1.29 is 33.4 Å². The fourth-order valence-electron chi connectivity index (χ4n) is 5.66. The van der Waals surface area contributed by atoms with Crippen molar-refractivity contribution in [3.05, 3.63) is 150 Å². The van der Waals surface area contributed by atoms with Gasteiger partial charge in [0.05, 0.1) is 24.6 Å². The predicted molar refractivity (Wildman–Crippen MR) is 209 cm³/mol. The van der Waals surface area contributed by atoms with E-state index < -0.39 is 17.9 Å². The second kappa shape index (κ2) is 20.1. The Morgan fingerprint density at radius 1 is 0.648 bits per heavy atom. The minimum absolute atomic E-state index is 0.0952. The molecule has 0 aliphatic rings. The van der Waals surface area contributed by atoms with E-state index in [1.165, 1.54) is 26.2 Å². The Hall–Kier alpha value is -6.22. The van der Waals surface area contributed by atoms with Gasteiger partial charge in [0.2, 0.25) is 5.91 Å². The minimum atomic E-state index is -0.777. The average molecular weight is 727 g/mol. The first-order chi connectivity index (χ1) is 26.3. The summed E-state index contributed by atoms with van der Waals surface area (Å²) >= 11 is 0. The van der Waals surface area contributed by atoms with E-state index in [2.05, 4.69) is 17.6 Å². The van der Waals surface area contributed by atoms with Gasteiger partial charge < -0.3 is 24.8 Å². The summed E-state index contributed by atoms with van der Waals surface area (Å²) in [5.74, 6) is 0.979. The van der Waals surface area contributed by atoms with Gasteiger partial charge in [-0.1, -0.05) is 81.1 Å². The van der Waals surface area contributed by atoms with Crippen LogP contribution < -0.4 is 24.8 Å². The van der Waals surface area contributed by atoms with Gasteiger partial charge in [-0.2, -0.15) is 0 Å². The molecule has 278 valence electrons. The van der Waals surface area contributed by atoms with Crippen LogP contribution in [-0.2, 0) is 22.4 Å². The Morgan fingerprint density at radius 2 is 1.30 bits per heavy atom. The molecule has 0 aliphatic carbocycles. The zero-order valence-electron chi connectivity index (χ0n) is 30.7. The van der Waals surface area contributed by atoms with Crippen molar-refractivity contribution in [3.63, 3.8) is 0 Å². The molecule has 2 amide bonds. The number of carbonyl (C=O) groups is 4. The molecule has 54 heavy (non-hydrogen) atoms. The Morgan fingerprint density at radius 3 is 2.00 bits per heavy atom. The van der Waals surface area contributed by atoms with Crippen molar-refractivity contribution in [3.8, 4) is 23.0 Å². The Kier molecular flexibility index (Phi) is 14.5. The number of rotatable bonds is 19. The molecule has 5 aromatic rings. The lowest BCUT2D eigenvalue weighted by molar-refractivity contribution is -0.119. The number of anilines is 1. The van der Waals surface area contributed by atoms with Crippen LogP contribution in [0.2, 0.25) is 0 Å². The molecule has 9 heteroatoms. The van der Waals surface area contributed by atoms with Gasteiger partial charge in [-0.15, -0.1) is 0 Å². The lowest BCUT2D eigenvalue weighted by Gasteiger charge is -2.17. The summed E-state index contributed by atoms with van der Waals surface area (Å²) in [6.45, 7) is 4.26. The molecule has 2 N–H and O–H groups in total. The molecule has 1 atom stereocenters. The highest BCUT2D eigenvalue weighted by molar-refractivity contribution is 5.98. The van der Waals surface area contributed by atoms with Gasteiger partial charge in [0, 0.05) is 16.8 Å². The quantitative estimate of drug-likeness (QED) is 0.0495. The predicted octanol–water partition coefficient (Wildman–Crippen LogP) is 9.16. The van der Waals surface area contributed by atoms with Crippen LogP contribution in [0.1, 0.15) is 77.8 Å². The highest BCUT2D eigenvalue weighted by Crippen LogP contribution is 2.26. The van der Waals surface area contributed by atoms with E-state index in [-0.39, 0.29) is 24.5 Å². The van der Waals surface area contributed by atoms with Crippen LogP contribution in [0.4, 0.5) is 5.69 Å². The van der Waals surface area contributed by atoms with Crippen LogP contribution in [-0.4, -0.2) is 36.2 Å². The number of amides is 2. The van der Waals surface area contributed by atoms with Crippen LogP contribution >= 0.6 is 0 Å². The lowest BCUT2D eigenvalue weighted by atomic mass is 10.0. The SMILES string of the molecule is CCCCCCCOc1ccc(C(=O)Oc2ccc(C[C@H](NC(=O)c3ccc(NC(=O)Cc4ccccc4Oc4ccccc4)cc3)C(C)=O)cc2)cc1. The summed E-state index contributed by atoms with van der Waals surface area (Å²) in [7, 11) is 0. The molecule has 5 aromatic carbocycles. The highest BCUT2D eigenvalue weighted by atomic mass is 16.5. The third-order valence-corrected chi connectivity index (χ3v) is 8.70. The Balaban J connectivity index is 1.08. The second-order valence-corrected chi connectivity index (χ2v) is 13.0. The number of Topliss-reactive ketones (excluding diaryl/α,β-unsaturated/α-hetero) is 1. The summed E-state index contributed by atoms with van der Waals surface area (Å²) in [6.07, 6.45) is 6.14. The van der Waals surface area contributed by atoms with Gasteiger partial charge >= 0.3 is 5.97 Å². The molecule has 0 radical (unpaired) electrons. The van der Waals surface area contributed by atoms with Crippen LogP contribution in [0, 0.1) is 0 Å². The summed E-state index contributed by atoms with van der Waals surface area (Å²) in [6, 6.07) is 36.1. The molecule has 0 heterocycles. The summed E-state index contributed by atoms with van der Waals surface area (Å²) < 4.78 is 17.3. The van der Waals surface area contributed by atoms with E-state index in [4.69, 9.17) is 14.2 Å². The van der Waals surface area contributed by atoms with Crippen molar-refractivity contribution in [1.29, 1.82) is 0 Å². The maximum atomic E-state index is 13.1. The second-order valence-electron chi connectivity index (χ2n) is 13.0. The number of esters is 1. The van der Waals surface area contributed by atoms with Gasteiger partial charge in [-0.3, -0.25) is 14.4 Å². The molecule has 9 nitrogen and oxygen atoms in total. The number of carbonyl (C=O) groups excluding carboxylic acids is 4. The number of ether oxygens (including phenoxy) is 3. The van der Waals surface area contributed by atoms with Crippen molar-refractivity contribution >= 4 is 29.3 Å². The van der Waals surface area contributed by atoms with Gasteiger partial charge in [0.15, 0.2) is 5.78 Å². The molecule has 0 aromatic heterocycles. The maximum absolute atomic E-state index is 13.1. The molecule has 0 unspecified atom stereocenters. The molecular formula is C45H46N2O7. The fourth-order valence-corrected chi connectivity index (χ4v) is 5.66. The number of unbranched alkanes of at least 4 members (excludes halogenated alkanes) is 4. The number of benzene rings is 5. The number of nitrogens with one attached hydrogen (secondary N) is 2. The zero-order chi connectivity index (χ0) is 38.1. The van der Waals surface area contributed by atoms with E-state index in [9.17, 15) is 19.2 Å². The van der Waals surface area contributed by atoms with Gasteiger partial charge in [0.1, 0.15) is 23.0 Å². The Labute approximate surface area is 316 Å². The van der Waals surface area contributed by atoms with Crippen LogP contribution in [0.3, 0.4) is 0 Å². The van der Waals surface area contributed by atoms with Gasteiger partial charge in [-0.05, 0) is 104 Å². The number of hydrogen-bond donors (Lipinski definition) is 2. The average Bonchev–Trinajstić information content (AvgIpc) is 3.18. The monoisotopic (exact) mass is 726 g/mol. The molecule has 0 aliphatic heterocycles. The maximum Gasteiger partial charge on any atom is 0.343 e. The first-order valence-electron chi connectivity index (χ1n) is 18.3. The first kappa shape index (κ1) is 39.0. The fraction of sp³-hybridized carbons (Fsp3) is 0.244. The van der Waals surface area contributed by atoms with E-state index in [1.54, 1.807) is 72.8 Å². The lowest BCUT2D eigenvalue weighted by Crippen LogP contribution is -2.41. The smallest absolute Gasteiger partial charge is 0.343 e. The molecule has 0 saturated heterocycles. The highest BCUT2D eigenvalue weighted by Gasteiger charge is 2.19. The van der Waals surface area contributed by atoms with Crippen molar-refractivity contribution in [2.75, 3.05) is 11.9 Å². The third kappa shape index (κ3) is 12.2.